The molecule has 0 N–H and O–H groups in total. The monoisotopic (exact) mass is 537 g/mol. The van der Waals surface area contributed by atoms with Gasteiger partial charge in [-0.15, -0.1) is 26.3 Å². The molecular weight excluding hydrogens is 468 g/mol. The second-order valence-corrected chi connectivity index (χ2v) is 8.75. The van der Waals surface area contributed by atoms with Gasteiger partial charge in [0, 0.05) is 0 Å². The van der Waals surface area contributed by atoms with Crippen LogP contribution in [0.3, 0.4) is 0 Å². The van der Waals surface area contributed by atoms with E-state index in [0.717, 1.165) is 0 Å². The van der Waals surface area contributed by atoms with Crippen molar-refractivity contribution in [3.63, 3.8) is 0 Å². The quantitative estimate of drug-likeness (QED) is 0.248. The minimum atomic E-state index is 0.137. The topological polar surface area (TPSA) is 0 Å². The fourth-order valence-electron chi connectivity index (χ4n) is 3.88. The third-order valence-electron chi connectivity index (χ3n) is 5.52. The van der Waals surface area contributed by atoms with Gasteiger partial charge in [0.25, 0.3) is 0 Å². The fraction of sp³-hybridized carbons (Fsp3) is 0.436. The van der Waals surface area contributed by atoms with Crippen LogP contribution in [0, 0.1) is 22.7 Å². The number of hydrogen-bond donors (Lipinski definition) is 0. The van der Waals surface area contributed by atoms with Crippen molar-refractivity contribution >= 4 is 0 Å². The molecule has 2 aliphatic rings. The predicted octanol–water partition coefficient (Wildman–Crippen LogP) is 13.6. The number of allylic oxidation sites excluding steroid dienone is 15. The molecule has 0 aromatic rings. The van der Waals surface area contributed by atoms with Gasteiger partial charge in [-0.25, -0.2) is 0 Å². The Bertz CT molecular complexity index is 725. The first kappa shape index (κ1) is 49.1. The summed E-state index contributed by atoms with van der Waals surface area (Å²) in [6, 6.07) is 0. The van der Waals surface area contributed by atoms with Crippen LogP contribution in [0.5, 0.6) is 0 Å². The van der Waals surface area contributed by atoms with E-state index >= 15 is 0 Å². The summed E-state index contributed by atoms with van der Waals surface area (Å²) in [5.74, 6) is 1.11. The molecule has 0 radical (unpaired) electrons. The molecule has 224 valence electrons. The Hall–Kier alpha value is -2.86. The maximum Gasteiger partial charge on any atom is -0.00319 e. The molecule has 0 aromatic heterocycles. The van der Waals surface area contributed by atoms with Gasteiger partial charge in [-0.1, -0.05) is 154 Å². The van der Waals surface area contributed by atoms with Crippen molar-refractivity contribution in [2.45, 2.75) is 90.0 Å². The Balaban J connectivity index is -0.000000112. The van der Waals surface area contributed by atoms with E-state index in [-0.39, 0.29) is 10.8 Å². The first-order valence-electron chi connectivity index (χ1n) is 14.3. The summed E-state index contributed by atoms with van der Waals surface area (Å²) in [7, 11) is 0. The van der Waals surface area contributed by atoms with E-state index in [9.17, 15) is 0 Å². The van der Waals surface area contributed by atoms with Gasteiger partial charge in [0.2, 0.25) is 0 Å². The normalized spacial score (nSPS) is 18.0. The SMILES string of the molecule is C/C=C\C.C=C.C=CC.C=CC.C=CC1=C(/C=C\C)C(C)(C)C2C=CC=CC2C1(C)C.C=CC=C.CC.CC. The van der Waals surface area contributed by atoms with Crippen molar-refractivity contribution in [2.75, 3.05) is 0 Å². The lowest BCUT2D eigenvalue weighted by atomic mass is 9.51. The van der Waals surface area contributed by atoms with Crippen LogP contribution in [-0.2, 0) is 0 Å². The first-order chi connectivity index (χ1) is 18.5. The zero-order valence-corrected chi connectivity index (χ0v) is 28.6. The van der Waals surface area contributed by atoms with Gasteiger partial charge in [0.05, 0.1) is 0 Å². The fourth-order valence-corrected chi connectivity index (χ4v) is 3.88. The van der Waals surface area contributed by atoms with Gasteiger partial charge < -0.3 is 0 Å². The summed E-state index contributed by atoms with van der Waals surface area (Å²) in [5.41, 5.74) is 3.13. The molecule has 2 aliphatic carbocycles. The third-order valence-corrected chi connectivity index (χ3v) is 5.52. The molecule has 2 unspecified atom stereocenters. The Morgan fingerprint density at radius 3 is 1.05 bits per heavy atom. The van der Waals surface area contributed by atoms with E-state index in [1.807, 2.05) is 67.5 Å². The van der Waals surface area contributed by atoms with E-state index < -0.39 is 0 Å². The lowest BCUT2D eigenvalue weighted by molar-refractivity contribution is 0.141. The molecule has 0 fully saturated rings. The Kier molecular flexibility index (Phi) is 44.3. The highest BCUT2D eigenvalue weighted by Crippen LogP contribution is 2.57. The Morgan fingerprint density at radius 2 is 0.846 bits per heavy atom. The first-order valence-corrected chi connectivity index (χ1v) is 14.3. The number of fused-ring (bicyclic) bond motifs is 1. The third kappa shape index (κ3) is 20.7. The maximum atomic E-state index is 4.08. The highest BCUT2D eigenvalue weighted by atomic mass is 14.5. The molecule has 0 saturated carbocycles. The lowest BCUT2D eigenvalue weighted by Gasteiger charge is -2.52. The zero-order chi connectivity index (χ0) is 32.5. The molecule has 0 amide bonds. The van der Waals surface area contributed by atoms with Gasteiger partial charge in [-0.2, -0.15) is 0 Å². The van der Waals surface area contributed by atoms with Crippen LogP contribution < -0.4 is 0 Å². The number of rotatable bonds is 3. The average Bonchev–Trinajstić information content (AvgIpc) is 2.96. The summed E-state index contributed by atoms with van der Waals surface area (Å²) in [6.07, 6.45) is 26.4. The van der Waals surface area contributed by atoms with Crippen molar-refractivity contribution in [3.8, 4) is 0 Å². The van der Waals surface area contributed by atoms with E-state index in [4.69, 9.17) is 0 Å². The molecule has 0 nitrogen and oxygen atoms in total. The molecule has 0 aliphatic heterocycles. The van der Waals surface area contributed by atoms with Crippen LogP contribution in [0.1, 0.15) is 90.0 Å². The molecule has 39 heavy (non-hydrogen) atoms. The summed E-state index contributed by atoms with van der Waals surface area (Å²) in [6.45, 7) is 50.8. The second kappa shape index (κ2) is 35.1. The highest BCUT2D eigenvalue weighted by Gasteiger charge is 2.49. The minimum Gasteiger partial charge on any atom is -0.106 e. The molecule has 2 rings (SSSR count). The highest BCUT2D eigenvalue weighted by molar-refractivity contribution is 5.47. The Morgan fingerprint density at radius 1 is 0.564 bits per heavy atom. The van der Waals surface area contributed by atoms with Gasteiger partial charge in [-0.05, 0) is 68.4 Å². The van der Waals surface area contributed by atoms with E-state index in [2.05, 4.69) is 123 Å². The second-order valence-electron chi connectivity index (χ2n) is 8.75. The molecule has 0 spiro atoms. The van der Waals surface area contributed by atoms with E-state index in [1.165, 1.54) is 11.1 Å². The minimum absolute atomic E-state index is 0.137. The molecule has 0 heteroatoms. The van der Waals surface area contributed by atoms with Crippen LogP contribution in [-0.4, -0.2) is 0 Å². The van der Waals surface area contributed by atoms with Crippen LogP contribution >= 0.6 is 0 Å². The average molecular weight is 537 g/mol. The Labute approximate surface area is 248 Å². The zero-order valence-electron chi connectivity index (χ0n) is 28.6. The summed E-state index contributed by atoms with van der Waals surface area (Å²) < 4.78 is 0. The molecule has 0 aromatic carbocycles. The molecule has 2 atom stereocenters. The van der Waals surface area contributed by atoms with Gasteiger partial charge in [0.15, 0.2) is 0 Å². The largest absolute Gasteiger partial charge is 0.106 e. The van der Waals surface area contributed by atoms with Crippen LogP contribution in [0.2, 0.25) is 0 Å². The summed E-state index contributed by atoms with van der Waals surface area (Å²) in [5, 5.41) is 0. The van der Waals surface area contributed by atoms with Gasteiger partial charge in [-0.3, -0.25) is 0 Å². The van der Waals surface area contributed by atoms with Crippen molar-refractivity contribution in [2.24, 2.45) is 22.7 Å². The molecule has 0 bridgehead atoms. The lowest BCUT2D eigenvalue weighted by Crippen LogP contribution is -2.44. The number of hydrogen-bond acceptors (Lipinski definition) is 0. The summed E-state index contributed by atoms with van der Waals surface area (Å²) >= 11 is 0. The smallest absolute Gasteiger partial charge is 0.00319 e. The predicted molar refractivity (Wildman–Crippen MR) is 191 cm³/mol. The van der Waals surface area contributed by atoms with Crippen molar-refractivity contribution in [1.29, 1.82) is 0 Å². The summed E-state index contributed by atoms with van der Waals surface area (Å²) in [4.78, 5) is 0. The van der Waals surface area contributed by atoms with Gasteiger partial charge in [0.1, 0.15) is 0 Å². The molecule has 0 heterocycles. The van der Waals surface area contributed by atoms with Crippen molar-refractivity contribution in [3.05, 3.63) is 136 Å². The molecule has 0 saturated heterocycles. The standard InChI is InChI=1S/C19H26.C4H8.C4H6.2C3H6.2C2H6.C2H4/c1-7-11-15-14(8-2)18(3,4)16-12-9-10-13-17(16)19(15,5)6;2*1-3-4-2;2*1-3-2;3*1-2/h7-13,16-17H,2H2,1,3-6H3;3-4H,1-2H3;3-4H,1-2H2;2*3H,1H2,2H3;2*1-2H3;1-2H2/b11-7-;4-3-;;;;;;. The van der Waals surface area contributed by atoms with Crippen LogP contribution in [0.25, 0.3) is 0 Å². The van der Waals surface area contributed by atoms with Crippen molar-refractivity contribution < 1.29 is 0 Å². The van der Waals surface area contributed by atoms with Crippen LogP contribution in [0.15, 0.2) is 136 Å². The van der Waals surface area contributed by atoms with Gasteiger partial charge >= 0.3 is 0 Å². The molecular formula is C39H68. The van der Waals surface area contributed by atoms with E-state index in [0.29, 0.717) is 11.8 Å². The van der Waals surface area contributed by atoms with Crippen LogP contribution in [0.4, 0.5) is 0 Å². The van der Waals surface area contributed by atoms with E-state index in [1.54, 1.807) is 24.3 Å². The van der Waals surface area contributed by atoms with Crippen molar-refractivity contribution in [1.82, 2.24) is 0 Å². The maximum absolute atomic E-state index is 4.08.